The van der Waals surface area contributed by atoms with Gasteiger partial charge in [0.2, 0.25) is 5.91 Å². The van der Waals surface area contributed by atoms with Crippen molar-refractivity contribution in [3.63, 3.8) is 0 Å². The molecule has 0 bridgehead atoms. The lowest BCUT2D eigenvalue weighted by Crippen LogP contribution is -2.52. The molecule has 2 heterocycles. The van der Waals surface area contributed by atoms with Crippen LogP contribution in [0.4, 0.5) is 0 Å². The second-order valence-corrected chi connectivity index (χ2v) is 6.64. The molecule has 5 heteroatoms. The first kappa shape index (κ1) is 15.8. The maximum Gasteiger partial charge on any atom is 0.233 e. The van der Waals surface area contributed by atoms with Gasteiger partial charge in [-0.05, 0) is 37.4 Å². The van der Waals surface area contributed by atoms with Gasteiger partial charge in [-0.1, -0.05) is 29.8 Å². The number of halogens is 1. The van der Waals surface area contributed by atoms with E-state index in [0.29, 0.717) is 31.1 Å². The minimum Gasteiger partial charge on any atom is -0.381 e. The molecule has 3 rings (SSSR count). The molecule has 120 valence electrons. The highest BCUT2D eigenvalue weighted by molar-refractivity contribution is 6.31. The maximum absolute atomic E-state index is 13.3. The van der Waals surface area contributed by atoms with Gasteiger partial charge in [0.15, 0.2) is 0 Å². The fourth-order valence-electron chi connectivity index (χ4n) is 3.64. The Bertz CT molecular complexity index is 537. The molecular formula is C17H23ClN2O2. The summed E-state index contributed by atoms with van der Waals surface area (Å²) in [5, 5.41) is 4.01. The van der Waals surface area contributed by atoms with Gasteiger partial charge in [0.25, 0.3) is 0 Å². The Morgan fingerprint density at radius 2 is 2.09 bits per heavy atom. The first-order valence-corrected chi connectivity index (χ1v) is 8.34. The predicted molar refractivity (Wildman–Crippen MR) is 87.2 cm³/mol. The highest BCUT2D eigenvalue weighted by atomic mass is 35.5. The summed E-state index contributed by atoms with van der Waals surface area (Å²) in [6.07, 6.45) is 2.40. The maximum atomic E-state index is 13.3. The molecule has 0 spiro atoms. The van der Waals surface area contributed by atoms with E-state index >= 15 is 0 Å². The number of amides is 1. The normalized spacial score (nSPS) is 24.2. The van der Waals surface area contributed by atoms with Crippen LogP contribution >= 0.6 is 11.6 Å². The van der Waals surface area contributed by atoms with Crippen LogP contribution < -0.4 is 5.32 Å². The minimum atomic E-state index is -0.548. The van der Waals surface area contributed by atoms with Gasteiger partial charge in [-0.15, -0.1) is 0 Å². The molecule has 1 atom stereocenters. The number of hydrogen-bond acceptors (Lipinski definition) is 3. The van der Waals surface area contributed by atoms with Crippen LogP contribution in [0.3, 0.4) is 0 Å². The van der Waals surface area contributed by atoms with Crippen LogP contribution in [0.25, 0.3) is 0 Å². The third kappa shape index (κ3) is 2.75. The lowest BCUT2D eigenvalue weighted by molar-refractivity contribution is -0.141. The van der Waals surface area contributed by atoms with Gasteiger partial charge in [0, 0.05) is 37.9 Å². The van der Waals surface area contributed by atoms with Crippen LogP contribution in [-0.4, -0.2) is 50.2 Å². The van der Waals surface area contributed by atoms with E-state index in [1.54, 1.807) is 0 Å². The Kier molecular flexibility index (Phi) is 4.71. The first-order chi connectivity index (χ1) is 10.6. The molecule has 1 aromatic carbocycles. The summed E-state index contributed by atoms with van der Waals surface area (Å²) >= 11 is 6.43. The van der Waals surface area contributed by atoms with E-state index in [1.807, 2.05) is 36.2 Å². The SMILES string of the molecule is CN(C(=O)C1(c2ccccc2Cl)CCOCC1)[C@H]1CCNC1. The van der Waals surface area contributed by atoms with Crippen molar-refractivity contribution in [2.75, 3.05) is 33.4 Å². The van der Waals surface area contributed by atoms with Gasteiger partial charge in [-0.3, -0.25) is 4.79 Å². The standard InChI is InChI=1S/C17H23ClN2O2/c1-20(13-6-9-19-12-13)16(21)17(7-10-22-11-8-17)14-4-2-3-5-15(14)18/h2-5,13,19H,6-12H2,1H3/t13-/m0/s1. The van der Waals surface area contributed by atoms with Crippen molar-refractivity contribution < 1.29 is 9.53 Å². The number of rotatable bonds is 3. The van der Waals surface area contributed by atoms with Crippen LogP contribution in [-0.2, 0) is 14.9 Å². The van der Waals surface area contributed by atoms with Gasteiger partial charge < -0.3 is 15.0 Å². The Labute approximate surface area is 136 Å². The van der Waals surface area contributed by atoms with E-state index in [9.17, 15) is 4.79 Å². The molecule has 2 aliphatic heterocycles. The minimum absolute atomic E-state index is 0.178. The lowest BCUT2D eigenvalue weighted by Gasteiger charge is -2.41. The Balaban J connectivity index is 1.95. The largest absolute Gasteiger partial charge is 0.381 e. The molecule has 0 unspecified atom stereocenters. The zero-order valence-corrected chi connectivity index (χ0v) is 13.7. The third-order valence-electron chi connectivity index (χ3n) is 5.05. The number of nitrogens with zero attached hydrogens (tertiary/aromatic N) is 1. The number of nitrogens with one attached hydrogen (secondary N) is 1. The molecule has 1 aromatic rings. The van der Waals surface area contributed by atoms with Gasteiger partial charge in [0.1, 0.15) is 0 Å². The molecule has 1 amide bonds. The molecule has 0 saturated carbocycles. The molecule has 0 radical (unpaired) electrons. The topological polar surface area (TPSA) is 41.6 Å². The highest BCUT2D eigenvalue weighted by Gasteiger charge is 2.45. The van der Waals surface area contributed by atoms with Crippen molar-refractivity contribution >= 4 is 17.5 Å². The van der Waals surface area contributed by atoms with E-state index in [0.717, 1.165) is 25.1 Å². The van der Waals surface area contributed by atoms with Crippen LogP contribution in [0.5, 0.6) is 0 Å². The molecule has 2 aliphatic rings. The van der Waals surface area contributed by atoms with Crippen molar-refractivity contribution in [2.24, 2.45) is 0 Å². The summed E-state index contributed by atoms with van der Waals surface area (Å²) in [5.41, 5.74) is 0.399. The summed E-state index contributed by atoms with van der Waals surface area (Å²) in [7, 11) is 1.92. The molecule has 2 fully saturated rings. The van der Waals surface area contributed by atoms with Crippen molar-refractivity contribution in [3.8, 4) is 0 Å². The first-order valence-electron chi connectivity index (χ1n) is 7.96. The average Bonchev–Trinajstić information content (AvgIpc) is 3.09. The number of likely N-dealkylation sites (N-methyl/N-ethyl adjacent to an activating group) is 1. The van der Waals surface area contributed by atoms with Gasteiger partial charge in [0.05, 0.1) is 5.41 Å². The van der Waals surface area contributed by atoms with Gasteiger partial charge >= 0.3 is 0 Å². The third-order valence-corrected chi connectivity index (χ3v) is 5.38. The number of benzene rings is 1. The Morgan fingerprint density at radius 3 is 2.73 bits per heavy atom. The summed E-state index contributed by atoms with van der Waals surface area (Å²) in [6.45, 7) is 3.06. The average molecular weight is 323 g/mol. The van der Waals surface area contributed by atoms with Gasteiger partial charge in [-0.2, -0.15) is 0 Å². The van der Waals surface area contributed by atoms with Gasteiger partial charge in [-0.25, -0.2) is 0 Å². The van der Waals surface area contributed by atoms with Crippen molar-refractivity contribution in [2.45, 2.75) is 30.7 Å². The predicted octanol–water partition coefficient (Wildman–Crippen LogP) is 2.21. The van der Waals surface area contributed by atoms with E-state index < -0.39 is 5.41 Å². The van der Waals surface area contributed by atoms with E-state index in [-0.39, 0.29) is 11.9 Å². The van der Waals surface area contributed by atoms with Crippen molar-refractivity contribution in [1.29, 1.82) is 0 Å². The fourth-order valence-corrected chi connectivity index (χ4v) is 3.96. The molecule has 0 aromatic heterocycles. The number of ether oxygens (including phenoxy) is 1. The summed E-state index contributed by atoms with van der Waals surface area (Å²) in [4.78, 5) is 15.3. The van der Waals surface area contributed by atoms with Crippen molar-refractivity contribution in [1.82, 2.24) is 10.2 Å². The van der Waals surface area contributed by atoms with E-state index in [4.69, 9.17) is 16.3 Å². The van der Waals surface area contributed by atoms with E-state index in [1.165, 1.54) is 0 Å². The molecule has 2 saturated heterocycles. The summed E-state index contributed by atoms with van der Waals surface area (Å²) in [5.74, 6) is 0.178. The molecule has 1 N–H and O–H groups in total. The number of carbonyl (C=O) groups excluding carboxylic acids is 1. The molecule has 22 heavy (non-hydrogen) atoms. The Hall–Kier alpha value is -1.10. The van der Waals surface area contributed by atoms with Crippen LogP contribution in [0, 0.1) is 0 Å². The Morgan fingerprint density at radius 1 is 1.36 bits per heavy atom. The van der Waals surface area contributed by atoms with Crippen LogP contribution in [0.15, 0.2) is 24.3 Å². The zero-order chi connectivity index (χ0) is 15.6. The zero-order valence-electron chi connectivity index (χ0n) is 13.0. The number of hydrogen-bond donors (Lipinski definition) is 1. The summed E-state index contributed by atoms with van der Waals surface area (Å²) < 4.78 is 5.52. The van der Waals surface area contributed by atoms with Crippen LogP contribution in [0.2, 0.25) is 5.02 Å². The lowest BCUT2D eigenvalue weighted by atomic mass is 9.72. The van der Waals surface area contributed by atoms with Crippen LogP contribution in [0.1, 0.15) is 24.8 Å². The second kappa shape index (κ2) is 6.57. The summed E-state index contributed by atoms with van der Waals surface area (Å²) in [6, 6.07) is 8.01. The molecular weight excluding hydrogens is 300 g/mol. The molecule has 0 aliphatic carbocycles. The fraction of sp³-hybridized carbons (Fsp3) is 0.588. The second-order valence-electron chi connectivity index (χ2n) is 6.24. The number of carbonyl (C=O) groups is 1. The quantitative estimate of drug-likeness (QED) is 0.927. The highest BCUT2D eigenvalue weighted by Crippen LogP contribution is 2.40. The smallest absolute Gasteiger partial charge is 0.233 e. The molecule has 4 nitrogen and oxygen atoms in total. The van der Waals surface area contributed by atoms with Crippen molar-refractivity contribution in [3.05, 3.63) is 34.9 Å². The van der Waals surface area contributed by atoms with E-state index in [2.05, 4.69) is 5.32 Å². The monoisotopic (exact) mass is 322 g/mol.